The van der Waals surface area contributed by atoms with E-state index in [9.17, 15) is 9.59 Å². The van der Waals surface area contributed by atoms with Crippen molar-refractivity contribution in [2.75, 3.05) is 6.61 Å². The Bertz CT molecular complexity index is 302. The van der Waals surface area contributed by atoms with E-state index in [0.717, 1.165) is 19.3 Å². The Balaban J connectivity index is 3.60. The molecule has 4 nitrogen and oxygen atoms in total. The molecule has 0 rings (SSSR count). The summed E-state index contributed by atoms with van der Waals surface area (Å²) in [7, 11) is 0. The molecule has 1 atom stereocenters. The number of ether oxygens (including phenoxy) is 1. The Kier molecular flexibility index (Phi) is 9.08. The first-order valence-corrected chi connectivity index (χ1v) is 5.95. The highest BCUT2D eigenvalue weighted by atomic mass is 16.5. The van der Waals surface area contributed by atoms with E-state index in [0.29, 0.717) is 19.4 Å². The van der Waals surface area contributed by atoms with E-state index in [1.54, 1.807) is 13.8 Å². The zero-order chi connectivity index (χ0) is 13.1. The van der Waals surface area contributed by atoms with Crippen LogP contribution in [0.4, 0.5) is 0 Å². The Morgan fingerprint density at radius 3 is 2.59 bits per heavy atom. The number of Topliss-reactive ketones (excluding diaryl/α,β-unsaturated/α-hetero) is 1. The molecule has 0 aliphatic carbocycles. The van der Waals surface area contributed by atoms with Gasteiger partial charge in [-0.3, -0.25) is 4.79 Å². The van der Waals surface area contributed by atoms with E-state index < -0.39 is 12.0 Å². The van der Waals surface area contributed by atoms with E-state index in [1.165, 1.54) is 0 Å². The summed E-state index contributed by atoms with van der Waals surface area (Å²) in [6.07, 6.45) is 3.45. The molecule has 96 valence electrons. The molecule has 0 aliphatic rings. The van der Waals surface area contributed by atoms with Crippen LogP contribution in [0.2, 0.25) is 0 Å². The maximum Gasteiger partial charge on any atom is 0.323 e. The molecule has 0 bridgehead atoms. The summed E-state index contributed by atoms with van der Waals surface area (Å²) in [4.78, 5) is 21.8. The average Bonchev–Trinajstić information content (AvgIpc) is 2.27. The second-order valence-corrected chi connectivity index (χ2v) is 3.83. The quantitative estimate of drug-likeness (QED) is 0.414. The van der Waals surface area contributed by atoms with Crippen LogP contribution in [0, 0.1) is 11.8 Å². The minimum Gasteiger partial charge on any atom is -0.465 e. The number of unbranched alkanes of at least 4 members (excludes halogenated alkanes) is 2. The van der Waals surface area contributed by atoms with E-state index in [1.807, 2.05) is 0 Å². The third-order valence-electron chi connectivity index (χ3n) is 2.12. The first-order valence-electron chi connectivity index (χ1n) is 5.95. The van der Waals surface area contributed by atoms with Crippen LogP contribution >= 0.6 is 0 Å². The number of nitrogens with two attached hydrogens (primary N) is 1. The van der Waals surface area contributed by atoms with Crippen molar-refractivity contribution in [3.05, 3.63) is 0 Å². The van der Waals surface area contributed by atoms with Crippen LogP contribution in [0.3, 0.4) is 0 Å². The predicted octanol–water partition coefficient (Wildman–Crippen LogP) is 1.42. The largest absolute Gasteiger partial charge is 0.465 e. The zero-order valence-electron chi connectivity index (χ0n) is 10.6. The highest BCUT2D eigenvalue weighted by Gasteiger charge is 2.11. The first-order chi connectivity index (χ1) is 8.07. The number of carbonyl (C=O) groups excluding carboxylic acids is 2. The molecular weight excluding hydrogens is 218 g/mol. The van der Waals surface area contributed by atoms with Gasteiger partial charge in [-0.2, -0.15) is 0 Å². The Morgan fingerprint density at radius 1 is 1.29 bits per heavy atom. The van der Waals surface area contributed by atoms with Crippen LogP contribution in [-0.4, -0.2) is 24.4 Å². The molecule has 2 N–H and O–H groups in total. The molecule has 0 saturated carbocycles. The predicted molar refractivity (Wildman–Crippen MR) is 66.2 cm³/mol. The molecule has 17 heavy (non-hydrogen) atoms. The third-order valence-corrected chi connectivity index (χ3v) is 2.12. The van der Waals surface area contributed by atoms with Gasteiger partial charge in [0.1, 0.15) is 11.8 Å². The first kappa shape index (κ1) is 15.7. The van der Waals surface area contributed by atoms with Gasteiger partial charge in [-0.05, 0) is 26.7 Å². The SMILES string of the molecule is CCOC(=O)C(N)CC#CCCCCC(C)=O. The highest BCUT2D eigenvalue weighted by molar-refractivity contribution is 5.76. The second kappa shape index (κ2) is 9.86. The van der Waals surface area contributed by atoms with Crippen LogP contribution < -0.4 is 5.73 Å². The van der Waals surface area contributed by atoms with Gasteiger partial charge >= 0.3 is 5.97 Å². The summed E-state index contributed by atoms with van der Waals surface area (Å²) in [6, 6.07) is -0.653. The van der Waals surface area contributed by atoms with Crippen LogP contribution in [-0.2, 0) is 14.3 Å². The number of hydrogen-bond donors (Lipinski definition) is 1. The van der Waals surface area contributed by atoms with Gasteiger partial charge in [-0.1, -0.05) is 0 Å². The topological polar surface area (TPSA) is 69.4 Å². The highest BCUT2D eigenvalue weighted by Crippen LogP contribution is 1.99. The van der Waals surface area contributed by atoms with Crippen molar-refractivity contribution in [1.29, 1.82) is 0 Å². The van der Waals surface area contributed by atoms with E-state index in [-0.39, 0.29) is 5.78 Å². The van der Waals surface area contributed by atoms with Crippen molar-refractivity contribution in [1.82, 2.24) is 0 Å². The summed E-state index contributed by atoms with van der Waals surface area (Å²) in [5.41, 5.74) is 5.56. The maximum absolute atomic E-state index is 11.1. The zero-order valence-corrected chi connectivity index (χ0v) is 10.6. The maximum atomic E-state index is 11.1. The molecule has 0 fully saturated rings. The normalized spacial score (nSPS) is 11.2. The van der Waals surface area contributed by atoms with E-state index in [4.69, 9.17) is 10.5 Å². The van der Waals surface area contributed by atoms with Crippen molar-refractivity contribution in [2.45, 2.75) is 52.0 Å². The Hall–Kier alpha value is -1.34. The number of hydrogen-bond acceptors (Lipinski definition) is 4. The fraction of sp³-hybridized carbons (Fsp3) is 0.692. The molecule has 0 aliphatic heterocycles. The van der Waals surface area contributed by atoms with E-state index in [2.05, 4.69) is 11.8 Å². The van der Waals surface area contributed by atoms with Crippen molar-refractivity contribution in [3.8, 4) is 11.8 Å². The van der Waals surface area contributed by atoms with Crippen molar-refractivity contribution in [2.24, 2.45) is 5.73 Å². The van der Waals surface area contributed by atoms with Crippen molar-refractivity contribution in [3.63, 3.8) is 0 Å². The van der Waals surface area contributed by atoms with Gasteiger partial charge in [0, 0.05) is 19.3 Å². The van der Waals surface area contributed by atoms with Gasteiger partial charge in [0.25, 0.3) is 0 Å². The summed E-state index contributed by atoms with van der Waals surface area (Å²) in [5, 5.41) is 0. The lowest BCUT2D eigenvalue weighted by Gasteiger charge is -2.05. The van der Waals surface area contributed by atoms with Crippen molar-refractivity contribution >= 4 is 11.8 Å². The summed E-state index contributed by atoms with van der Waals surface area (Å²) >= 11 is 0. The van der Waals surface area contributed by atoms with Gasteiger partial charge in [0.05, 0.1) is 6.61 Å². The average molecular weight is 239 g/mol. The van der Waals surface area contributed by atoms with Crippen LogP contribution in [0.1, 0.15) is 46.0 Å². The van der Waals surface area contributed by atoms with Gasteiger partial charge in [-0.15, -0.1) is 11.8 Å². The van der Waals surface area contributed by atoms with Crippen LogP contribution in [0.25, 0.3) is 0 Å². The lowest BCUT2D eigenvalue weighted by molar-refractivity contribution is -0.144. The number of ketones is 1. The van der Waals surface area contributed by atoms with Crippen LogP contribution in [0.15, 0.2) is 0 Å². The molecule has 0 saturated heterocycles. The fourth-order valence-electron chi connectivity index (χ4n) is 1.19. The molecule has 0 spiro atoms. The number of rotatable bonds is 7. The second-order valence-electron chi connectivity index (χ2n) is 3.83. The van der Waals surface area contributed by atoms with E-state index >= 15 is 0 Å². The molecule has 1 unspecified atom stereocenters. The standard InChI is InChI=1S/C13H21NO3/c1-3-17-13(16)12(14)10-8-6-4-5-7-9-11(2)15/h12H,3-5,7,9-10,14H2,1-2H3. The van der Waals surface area contributed by atoms with Crippen LogP contribution in [0.5, 0.6) is 0 Å². The lowest BCUT2D eigenvalue weighted by Crippen LogP contribution is -2.31. The Labute approximate surface area is 103 Å². The smallest absolute Gasteiger partial charge is 0.323 e. The number of esters is 1. The van der Waals surface area contributed by atoms with Gasteiger partial charge in [0.2, 0.25) is 0 Å². The summed E-state index contributed by atoms with van der Waals surface area (Å²) < 4.78 is 4.76. The minimum absolute atomic E-state index is 0.210. The van der Waals surface area contributed by atoms with Gasteiger partial charge in [-0.25, -0.2) is 0 Å². The molecule has 0 aromatic heterocycles. The minimum atomic E-state index is -0.653. The molecule has 0 aromatic carbocycles. The van der Waals surface area contributed by atoms with Crippen molar-refractivity contribution < 1.29 is 14.3 Å². The third kappa shape index (κ3) is 9.58. The summed E-state index contributed by atoms with van der Waals surface area (Å²) in [6.45, 7) is 3.67. The molecule has 0 radical (unpaired) electrons. The fourth-order valence-corrected chi connectivity index (χ4v) is 1.19. The molecule has 0 heterocycles. The molecule has 0 aromatic rings. The van der Waals surface area contributed by atoms with Gasteiger partial charge < -0.3 is 15.3 Å². The molecular formula is C13H21NO3. The number of carbonyl (C=O) groups is 2. The lowest BCUT2D eigenvalue weighted by atomic mass is 10.1. The summed E-state index contributed by atoms with van der Waals surface area (Å²) in [5.74, 6) is 5.60. The molecule has 0 amide bonds. The Morgan fingerprint density at radius 2 is 2.00 bits per heavy atom. The monoisotopic (exact) mass is 239 g/mol. The van der Waals surface area contributed by atoms with Gasteiger partial charge in [0.15, 0.2) is 0 Å². The molecule has 4 heteroatoms.